The maximum atomic E-state index is 6.36. The van der Waals surface area contributed by atoms with E-state index in [1.165, 1.54) is 21.7 Å². The molecule has 6 heteroatoms. The Bertz CT molecular complexity index is 4280. The standard InChI is InChI=1S/C63H39N5O/c1-5-20-40(21-6-1)55-57-49-31-13-16-33-51(49)68(46-28-11-4-12-29-46)60(57)56(58-50-32-14-17-34-52(50)67(59(55)58)45-26-9-3-10-27-45)42-24-19-25-43(38-42)62-64-61(41-22-7-2-8-23-41)65-63(66-62)44-36-37-48-47-30-15-18-35-53(47)69-54(48)39-44/h1-39H. The van der Waals surface area contributed by atoms with E-state index in [9.17, 15) is 0 Å². The maximum Gasteiger partial charge on any atom is 0.164 e. The summed E-state index contributed by atoms with van der Waals surface area (Å²) in [5.74, 6) is 1.74. The van der Waals surface area contributed by atoms with Gasteiger partial charge in [0, 0.05) is 71.5 Å². The summed E-state index contributed by atoms with van der Waals surface area (Å²) < 4.78 is 11.3. The zero-order valence-corrected chi connectivity index (χ0v) is 37.2. The van der Waals surface area contributed by atoms with Crippen molar-refractivity contribution in [3.05, 3.63) is 237 Å². The predicted octanol–water partition coefficient (Wildman–Crippen LogP) is 16.3. The summed E-state index contributed by atoms with van der Waals surface area (Å²) in [5, 5.41) is 6.82. The van der Waals surface area contributed by atoms with Crippen LogP contribution in [0, 0.1) is 0 Å². The molecule has 0 unspecified atom stereocenters. The second-order valence-corrected chi connectivity index (χ2v) is 17.5. The maximum absolute atomic E-state index is 6.36. The number of nitrogens with zero attached hydrogens (tertiary/aromatic N) is 5. The molecule has 0 aliphatic rings. The molecule has 0 fully saturated rings. The normalized spacial score (nSPS) is 11.8. The fourth-order valence-electron chi connectivity index (χ4n) is 10.6. The van der Waals surface area contributed by atoms with E-state index < -0.39 is 0 Å². The Kier molecular flexibility index (Phi) is 8.79. The number of fused-ring (bicyclic) bond motifs is 9. The molecular weight excluding hydrogens is 843 g/mol. The van der Waals surface area contributed by atoms with E-state index in [-0.39, 0.29) is 0 Å². The highest BCUT2D eigenvalue weighted by Crippen LogP contribution is 2.52. The fourth-order valence-corrected chi connectivity index (χ4v) is 10.6. The molecule has 0 bridgehead atoms. The minimum atomic E-state index is 0.568. The smallest absolute Gasteiger partial charge is 0.164 e. The van der Waals surface area contributed by atoms with E-state index in [0.717, 1.165) is 94.1 Å². The van der Waals surface area contributed by atoms with Gasteiger partial charge in [-0.1, -0.05) is 176 Å². The highest BCUT2D eigenvalue weighted by Gasteiger charge is 2.29. The van der Waals surface area contributed by atoms with Gasteiger partial charge in [0.05, 0.1) is 22.1 Å². The molecule has 4 aromatic heterocycles. The van der Waals surface area contributed by atoms with Crippen molar-refractivity contribution in [2.75, 3.05) is 0 Å². The summed E-state index contributed by atoms with van der Waals surface area (Å²) in [6.07, 6.45) is 0. The van der Waals surface area contributed by atoms with Gasteiger partial charge in [-0.15, -0.1) is 0 Å². The van der Waals surface area contributed by atoms with E-state index >= 15 is 0 Å². The molecule has 4 heterocycles. The van der Waals surface area contributed by atoms with Gasteiger partial charge in [0.2, 0.25) is 0 Å². The highest BCUT2D eigenvalue weighted by atomic mass is 16.3. The van der Waals surface area contributed by atoms with Crippen molar-refractivity contribution in [1.29, 1.82) is 0 Å². The van der Waals surface area contributed by atoms with E-state index in [4.69, 9.17) is 19.4 Å². The van der Waals surface area contributed by atoms with E-state index in [0.29, 0.717) is 17.5 Å². The number of hydrogen-bond donors (Lipinski definition) is 0. The summed E-state index contributed by atoms with van der Waals surface area (Å²) in [5.41, 5.74) is 15.5. The lowest BCUT2D eigenvalue weighted by molar-refractivity contribution is 0.669. The zero-order chi connectivity index (χ0) is 45.4. The molecule has 6 nitrogen and oxygen atoms in total. The van der Waals surface area contributed by atoms with Gasteiger partial charge in [0.15, 0.2) is 17.5 Å². The molecule has 0 saturated heterocycles. The van der Waals surface area contributed by atoms with Gasteiger partial charge in [0.1, 0.15) is 11.2 Å². The van der Waals surface area contributed by atoms with Crippen LogP contribution in [0.3, 0.4) is 0 Å². The van der Waals surface area contributed by atoms with Gasteiger partial charge < -0.3 is 13.6 Å². The van der Waals surface area contributed by atoms with Crippen molar-refractivity contribution in [1.82, 2.24) is 24.1 Å². The monoisotopic (exact) mass is 881 g/mol. The second kappa shape index (κ2) is 15.6. The number of benzene rings is 10. The van der Waals surface area contributed by atoms with Crippen molar-refractivity contribution < 1.29 is 4.42 Å². The summed E-state index contributed by atoms with van der Waals surface area (Å²) in [7, 11) is 0. The average Bonchev–Trinajstić information content (AvgIpc) is 4.09. The Labute approximate surface area is 396 Å². The van der Waals surface area contributed by atoms with Crippen molar-refractivity contribution in [2.45, 2.75) is 0 Å². The quantitative estimate of drug-likeness (QED) is 0.160. The number of furan rings is 1. The number of para-hydroxylation sites is 5. The van der Waals surface area contributed by atoms with E-state index in [2.05, 4.69) is 203 Å². The lowest BCUT2D eigenvalue weighted by atomic mass is 9.89. The SMILES string of the molecule is c1ccc(-c2nc(-c3cccc(-c4c5c6ccccc6n(-c6ccccc6)c5c(-c5ccccc5)c5c6ccccc6n(-c6ccccc6)c45)c3)nc(-c3ccc4c(c3)oc3ccccc34)n2)cc1. The molecule has 69 heavy (non-hydrogen) atoms. The van der Waals surface area contributed by atoms with Crippen LogP contribution < -0.4 is 0 Å². The molecule has 14 rings (SSSR count). The lowest BCUT2D eigenvalue weighted by Gasteiger charge is -2.19. The second-order valence-electron chi connectivity index (χ2n) is 17.5. The molecule has 0 atom stereocenters. The Balaban J connectivity index is 1.11. The Morgan fingerprint density at radius 3 is 1.30 bits per heavy atom. The Morgan fingerprint density at radius 1 is 0.290 bits per heavy atom. The predicted molar refractivity (Wildman–Crippen MR) is 283 cm³/mol. The topological polar surface area (TPSA) is 61.7 Å². The third-order valence-electron chi connectivity index (χ3n) is 13.5. The van der Waals surface area contributed by atoms with Gasteiger partial charge >= 0.3 is 0 Å². The molecule has 0 radical (unpaired) electrons. The molecule has 0 N–H and O–H groups in total. The molecule has 0 spiro atoms. The minimum Gasteiger partial charge on any atom is -0.456 e. The summed E-state index contributed by atoms with van der Waals surface area (Å²) in [6.45, 7) is 0. The van der Waals surface area contributed by atoms with Gasteiger partial charge in [-0.05, 0) is 71.8 Å². The summed E-state index contributed by atoms with van der Waals surface area (Å²) in [4.78, 5) is 15.7. The van der Waals surface area contributed by atoms with Crippen LogP contribution >= 0.6 is 0 Å². The van der Waals surface area contributed by atoms with Crippen LogP contribution in [0.5, 0.6) is 0 Å². The molecule has 0 amide bonds. The van der Waals surface area contributed by atoms with Crippen LogP contribution in [0.1, 0.15) is 0 Å². The first-order chi connectivity index (χ1) is 34.2. The molecule has 0 aliphatic heterocycles. The first kappa shape index (κ1) is 38.8. The van der Waals surface area contributed by atoms with Crippen molar-refractivity contribution in [3.63, 3.8) is 0 Å². The molecular formula is C63H39N5O. The zero-order valence-electron chi connectivity index (χ0n) is 37.2. The fraction of sp³-hybridized carbons (Fsp3) is 0. The average molecular weight is 882 g/mol. The van der Waals surface area contributed by atoms with Crippen LogP contribution in [0.15, 0.2) is 241 Å². The third-order valence-corrected chi connectivity index (χ3v) is 13.5. The highest BCUT2D eigenvalue weighted by molar-refractivity contribution is 6.33. The van der Waals surface area contributed by atoms with Crippen LogP contribution in [0.2, 0.25) is 0 Å². The molecule has 0 aliphatic carbocycles. The molecule has 0 saturated carbocycles. The van der Waals surface area contributed by atoms with E-state index in [1.807, 2.05) is 42.5 Å². The van der Waals surface area contributed by atoms with Crippen molar-refractivity contribution in [2.24, 2.45) is 0 Å². The molecule has 322 valence electrons. The largest absolute Gasteiger partial charge is 0.456 e. The minimum absolute atomic E-state index is 0.568. The van der Waals surface area contributed by atoms with Crippen LogP contribution in [0.25, 0.3) is 133 Å². The van der Waals surface area contributed by atoms with Crippen molar-refractivity contribution in [3.8, 4) is 67.8 Å². The summed E-state index contributed by atoms with van der Waals surface area (Å²) >= 11 is 0. The number of hydrogen-bond acceptors (Lipinski definition) is 4. The lowest BCUT2D eigenvalue weighted by Crippen LogP contribution is -2.01. The van der Waals surface area contributed by atoms with Crippen LogP contribution in [0.4, 0.5) is 0 Å². The summed E-state index contributed by atoms with van der Waals surface area (Å²) in [6, 6.07) is 83.5. The van der Waals surface area contributed by atoms with Crippen LogP contribution in [-0.2, 0) is 0 Å². The van der Waals surface area contributed by atoms with Gasteiger partial charge in [0.25, 0.3) is 0 Å². The molecule has 14 aromatic rings. The van der Waals surface area contributed by atoms with Gasteiger partial charge in [-0.25, -0.2) is 15.0 Å². The third kappa shape index (κ3) is 6.16. The van der Waals surface area contributed by atoms with E-state index in [1.54, 1.807) is 0 Å². The first-order valence-electron chi connectivity index (χ1n) is 23.3. The number of rotatable bonds is 7. The number of aromatic nitrogens is 5. The Hall–Kier alpha value is -9.39. The van der Waals surface area contributed by atoms with Crippen LogP contribution in [-0.4, -0.2) is 24.1 Å². The van der Waals surface area contributed by atoms with Gasteiger partial charge in [-0.2, -0.15) is 0 Å². The van der Waals surface area contributed by atoms with Crippen molar-refractivity contribution >= 4 is 65.6 Å². The molecule has 10 aromatic carbocycles. The van der Waals surface area contributed by atoms with Gasteiger partial charge in [-0.3, -0.25) is 0 Å². The first-order valence-corrected chi connectivity index (χ1v) is 23.3. The Morgan fingerprint density at radius 2 is 0.710 bits per heavy atom.